The van der Waals surface area contributed by atoms with Gasteiger partial charge in [0.05, 0.1) is 12.1 Å². The van der Waals surface area contributed by atoms with Gasteiger partial charge in [-0.2, -0.15) is 4.37 Å². The Morgan fingerprint density at radius 3 is 2.95 bits per heavy atom. The number of nitrogens with one attached hydrogen (secondary N) is 2. The molecule has 4 N–H and O–H groups in total. The van der Waals surface area contributed by atoms with E-state index in [1.807, 2.05) is 19.2 Å². The smallest absolute Gasteiger partial charge is 0.239 e. The maximum Gasteiger partial charge on any atom is 0.239 e. The highest BCUT2D eigenvalue weighted by Gasteiger charge is 2.17. The van der Waals surface area contributed by atoms with E-state index in [2.05, 4.69) is 20.0 Å². The lowest BCUT2D eigenvalue weighted by atomic mass is 10.3. The van der Waals surface area contributed by atoms with E-state index in [4.69, 9.17) is 5.73 Å². The van der Waals surface area contributed by atoms with Gasteiger partial charge in [-0.3, -0.25) is 4.79 Å². The Labute approximate surface area is 125 Å². The summed E-state index contributed by atoms with van der Waals surface area (Å²) < 4.78 is 4.13. The first-order chi connectivity index (χ1) is 9.61. The Bertz CT molecular complexity index is 592. The van der Waals surface area contributed by atoms with Crippen LogP contribution >= 0.6 is 22.9 Å². The first kappa shape index (κ1) is 14.7. The minimum absolute atomic E-state index is 0.0416. The molecular formula is C12H17N5OS2. The first-order valence-corrected chi connectivity index (χ1v) is 7.95. The lowest BCUT2D eigenvalue weighted by molar-refractivity contribution is -0.119. The zero-order valence-corrected chi connectivity index (χ0v) is 13.0. The van der Waals surface area contributed by atoms with Crippen LogP contribution in [0, 0.1) is 6.92 Å². The van der Waals surface area contributed by atoms with E-state index in [1.165, 1.54) is 22.9 Å². The van der Waals surface area contributed by atoms with Crippen molar-refractivity contribution in [3.63, 3.8) is 0 Å². The summed E-state index contributed by atoms with van der Waals surface area (Å²) in [5.74, 6) is 0.404. The molecule has 0 spiro atoms. The summed E-state index contributed by atoms with van der Waals surface area (Å²) in [6.45, 7) is 4.84. The number of nitrogen functional groups attached to an aromatic ring is 1. The van der Waals surface area contributed by atoms with Crippen molar-refractivity contribution in [3.8, 4) is 10.6 Å². The SMILES string of the molecule is CCCNC(=O)CNc1snc(N)c1-c1nc(C)cs1. The van der Waals surface area contributed by atoms with Gasteiger partial charge in [0.25, 0.3) is 0 Å². The molecule has 0 aliphatic heterocycles. The molecule has 0 radical (unpaired) electrons. The molecular weight excluding hydrogens is 294 g/mol. The van der Waals surface area contributed by atoms with Crippen LogP contribution in [0.3, 0.4) is 0 Å². The maximum atomic E-state index is 11.6. The molecule has 2 rings (SSSR count). The highest BCUT2D eigenvalue weighted by atomic mass is 32.1. The number of carbonyl (C=O) groups is 1. The van der Waals surface area contributed by atoms with Crippen LogP contribution in [-0.4, -0.2) is 28.4 Å². The number of thiazole rings is 1. The van der Waals surface area contributed by atoms with Crippen LogP contribution in [0.1, 0.15) is 19.0 Å². The third-order valence-electron chi connectivity index (χ3n) is 2.53. The van der Waals surface area contributed by atoms with Crippen LogP contribution in [-0.2, 0) is 4.79 Å². The molecule has 20 heavy (non-hydrogen) atoms. The zero-order valence-electron chi connectivity index (χ0n) is 11.4. The molecule has 1 amide bonds. The van der Waals surface area contributed by atoms with Crippen molar-refractivity contribution >= 4 is 39.6 Å². The van der Waals surface area contributed by atoms with Crippen LogP contribution < -0.4 is 16.4 Å². The molecule has 0 aliphatic carbocycles. The topological polar surface area (TPSA) is 92.9 Å². The van der Waals surface area contributed by atoms with Gasteiger partial charge in [-0.15, -0.1) is 11.3 Å². The summed E-state index contributed by atoms with van der Waals surface area (Å²) in [5, 5.41) is 9.46. The Morgan fingerprint density at radius 1 is 1.50 bits per heavy atom. The fourth-order valence-electron chi connectivity index (χ4n) is 1.59. The Morgan fingerprint density at radius 2 is 2.30 bits per heavy atom. The van der Waals surface area contributed by atoms with Crippen molar-refractivity contribution in [2.45, 2.75) is 20.3 Å². The summed E-state index contributed by atoms with van der Waals surface area (Å²) >= 11 is 2.77. The Balaban J connectivity index is 2.08. The molecule has 108 valence electrons. The van der Waals surface area contributed by atoms with Gasteiger partial charge in [0.2, 0.25) is 5.91 Å². The fraction of sp³-hybridized carbons (Fsp3) is 0.417. The number of hydrogen-bond acceptors (Lipinski definition) is 7. The predicted octanol–water partition coefficient (Wildman–Crippen LogP) is 2.10. The minimum atomic E-state index is -0.0416. The average molecular weight is 311 g/mol. The van der Waals surface area contributed by atoms with Crippen molar-refractivity contribution in [2.75, 3.05) is 24.1 Å². The highest BCUT2D eigenvalue weighted by Crippen LogP contribution is 2.38. The fourth-order valence-corrected chi connectivity index (χ4v) is 3.22. The van der Waals surface area contributed by atoms with Gasteiger partial charge >= 0.3 is 0 Å². The molecule has 0 aromatic carbocycles. The third-order valence-corrected chi connectivity index (χ3v) is 4.33. The quantitative estimate of drug-likeness (QED) is 0.759. The van der Waals surface area contributed by atoms with Crippen LogP contribution in [0.15, 0.2) is 5.38 Å². The summed E-state index contributed by atoms with van der Waals surface area (Å²) in [6, 6.07) is 0. The predicted molar refractivity (Wildman–Crippen MR) is 84.2 cm³/mol. The van der Waals surface area contributed by atoms with E-state index in [-0.39, 0.29) is 12.5 Å². The molecule has 0 saturated carbocycles. The highest BCUT2D eigenvalue weighted by molar-refractivity contribution is 7.15. The first-order valence-electron chi connectivity index (χ1n) is 6.30. The van der Waals surface area contributed by atoms with Gasteiger partial charge in [0.1, 0.15) is 15.8 Å². The molecule has 2 heterocycles. The zero-order chi connectivity index (χ0) is 14.5. The maximum absolute atomic E-state index is 11.6. The molecule has 0 aliphatic rings. The molecule has 0 fully saturated rings. The number of nitrogens with zero attached hydrogens (tertiary/aromatic N) is 2. The number of hydrogen-bond donors (Lipinski definition) is 3. The van der Waals surface area contributed by atoms with E-state index < -0.39 is 0 Å². The summed E-state index contributed by atoms with van der Waals surface area (Å²) in [4.78, 5) is 16.0. The van der Waals surface area contributed by atoms with Gasteiger partial charge in [-0.05, 0) is 24.9 Å². The molecule has 6 nitrogen and oxygen atoms in total. The number of carbonyl (C=O) groups excluding carboxylic acids is 1. The third kappa shape index (κ3) is 3.45. The minimum Gasteiger partial charge on any atom is -0.382 e. The van der Waals surface area contributed by atoms with Gasteiger partial charge in [-0.1, -0.05) is 6.92 Å². The number of anilines is 2. The van der Waals surface area contributed by atoms with Crippen LogP contribution in [0.25, 0.3) is 10.6 Å². The standard InChI is InChI=1S/C12H17N5OS2/c1-3-4-14-8(18)5-15-11-9(10(13)17-20-11)12-16-7(2)6-19-12/h6,15H,3-5H2,1-2H3,(H2,13,17)(H,14,18). The van der Waals surface area contributed by atoms with Gasteiger partial charge in [0.15, 0.2) is 0 Å². The molecule has 0 saturated heterocycles. The summed E-state index contributed by atoms with van der Waals surface area (Å²) in [6.07, 6.45) is 0.920. The largest absolute Gasteiger partial charge is 0.382 e. The van der Waals surface area contributed by atoms with E-state index in [0.29, 0.717) is 12.4 Å². The van der Waals surface area contributed by atoms with E-state index in [0.717, 1.165) is 27.7 Å². The van der Waals surface area contributed by atoms with E-state index in [9.17, 15) is 4.79 Å². The molecule has 0 atom stereocenters. The number of aromatic nitrogens is 2. The lowest BCUT2D eigenvalue weighted by Gasteiger charge is -2.06. The molecule has 0 unspecified atom stereocenters. The van der Waals surface area contributed by atoms with Gasteiger partial charge in [0, 0.05) is 17.6 Å². The number of nitrogens with two attached hydrogens (primary N) is 1. The number of amides is 1. The van der Waals surface area contributed by atoms with Crippen molar-refractivity contribution in [1.29, 1.82) is 0 Å². The Hall–Kier alpha value is -1.67. The van der Waals surface area contributed by atoms with Gasteiger partial charge < -0.3 is 16.4 Å². The molecule has 2 aromatic heterocycles. The Kier molecular flexibility index (Phi) is 4.91. The van der Waals surface area contributed by atoms with E-state index in [1.54, 1.807) is 0 Å². The molecule has 0 bridgehead atoms. The second-order valence-corrected chi connectivity index (χ2v) is 5.90. The lowest BCUT2D eigenvalue weighted by Crippen LogP contribution is -2.30. The number of rotatable bonds is 6. The van der Waals surface area contributed by atoms with Crippen molar-refractivity contribution in [3.05, 3.63) is 11.1 Å². The van der Waals surface area contributed by atoms with Crippen molar-refractivity contribution in [1.82, 2.24) is 14.7 Å². The van der Waals surface area contributed by atoms with Crippen LogP contribution in [0.5, 0.6) is 0 Å². The van der Waals surface area contributed by atoms with Crippen molar-refractivity contribution < 1.29 is 4.79 Å². The van der Waals surface area contributed by atoms with Crippen LogP contribution in [0.2, 0.25) is 0 Å². The number of aryl methyl sites for hydroxylation is 1. The van der Waals surface area contributed by atoms with E-state index >= 15 is 0 Å². The average Bonchev–Trinajstić information content (AvgIpc) is 3.00. The summed E-state index contributed by atoms with van der Waals surface area (Å²) in [7, 11) is 0. The molecule has 2 aromatic rings. The second-order valence-electron chi connectivity index (χ2n) is 4.27. The monoisotopic (exact) mass is 311 g/mol. The second kappa shape index (κ2) is 6.67. The van der Waals surface area contributed by atoms with Crippen LogP contribution in [0.4, 0.5) is 10.8 Å². The van der Waals surface area contributed by atoms with Gasteiger partial charge in [-0.25, -0.2) is 4.98 Å². The normalized spacial score (nSPS) is 10.5. The molecule has 8 heteroatoms. The van der Waals surface area contributed by atoms with Crippen molar-refractivity contribution in [2.24, 2.45) is 0 Å². The summed E-state index contributed by atoms with van der Waals surface area (Å²) in [5.41, 5.74) is 7.63.